The standard InChI is InChI=1S/C18H35O.2C3H3O.C3H7.Ti/c1-18(2)16-14-12-10-8-6-4-3-5-7-9-11-13-15-17-19;2*1-2-3-4;1-3-2;/h18H,3-16H2,1-2H3;2*2H,1H2;3H,1-2H3;. The summed E-state index contributed by atoms with van der Waals surface area (Å²) in [7, 11) is 0. The van der Waals surface area contributed by atoms with Gasteiger partial charge >= 0.3 is 157 Å². The molecule has 0 aliphatic rings. The molecule has 0 N–H and O–H groups in total. The Hall–Kier alpha value is -0.796. The summed E-state index contributed by atoms with van der Waals surface area (Å²) in [6.45, 7) is 15.3. The molecule has 0 aromatic rings. The number of allylic oxidation sites excluding steroid dienone is 2. The summed E-state index contributed by atoms with van der Waals surface area (Å²) < 4.78 is -0.952. The second-order valence-corrected chi connectivity index (χ2v) is 16.4. The second kappa shape index (κ2) is 17.7. The van der Waals surface area contributed by atoms with Crippen molar-refractivity contribution in [2.24, 2.45) is 5.92 Å². The van der Waals surface area contributed by atoms with Gasteiger partial charge in [-0.15, -0.1) is 0 Å². The van der Waals surface area contributed by atoms with Crippen LogP contribution in [0, 0.1) is 5.92 Å². The van der Waals surface area contributed by atoms with Crippen LogP contribution in [0.15, 0.2) is 25.3 Å². The van der Waals surface area contributed by atoms with Crippen LogP contribution in [-0.4, -0.2) is 12.3 Å². The van der Waals surface area contributed by atoms with E-state index in [4.69, 9.17) is 0 Å². The zero-order valence-electron chi connectivity index (χ0n) is 20.8. The number of rotatable bonds is 21. The Morgan fingerprint density at radius 2 is 1.00 bits per heavy atom. The van der Waals surface area contributed by atoms with E-state index in [0.29, 0.717) is 6.42 Å². The van der Waals surface area contributed by atoms with Crippen LogP contribution >= 0.6 is 0 Å². The Kier molecular flexibility index (Phi) is 17.3. The molecule has 0 spiro atoms. The van der Waals surface area contributed by atoms with Crippen molar-refractivity contribution in [1.82, 2.24) is 0 Å². The molecule has 178 valence electrons. The van der Waals surface area contributed by atoms with E-state index < -0.39 is 16.6 Å². The van der Waals surface area contributed by atoms with Crippen molar-refractivity contribution < 1.29 is 31.0 Å². The van der Waals surface area contributed by atoms with Gasteiger partial charge in [-0.2, -0.15) is 0 Å². The van der Waals surface area contributed by atoms with Gasteiger partial charge in [0.2, 0.25) is 0 Å². The van der Waals surface area contributed by atoms with Crippen molar-refractivity contribution >= 4 is 12.3 Å². The molecule has 0 aromatic heterocycles. The van der Waals surface area contributed by atoms with Gasteiger partial charge < -0.3 is 0 Å². The van der Waals surface area contributed by atoms with Crippen LogP contribution in [0.3, 0.4) is 0 Å². The van der Waals surface area contributed by atoms with Gasteiger partial charge in [-0.25, -0.2) is 0 Å². The van der Waals surface area contributed by atoms with E-state index in [1.165, 1.54) is 76.4 Å². The molecule has 0 rings (SSSR count). The summed E-state index contributed by atoms with van der Waals surface area (Å²) in [4.78, 5) is 38.1. The first kappa shape index (κ1) is 30.2. The zero-order chi connectivity index (χ0) is 23.7. The topological polar surface area (TPSA) is 51.2 Å². The van der Waals surface area contributed by atoms with Gasteiger partial charge in [0.1, 0.15) is 0 Å². The van der Waals surface area contributed by atoms with E-state index in [1.54, 1.807) is 0 Å². The van der Waals surface area contributed by atoms with E-state index >= 15 is 0 Å². The van der Waals surface area contributed by atoms with Gasteiger partial charge in [0, 0.05) is 0 Å². The van der Waals surface area contributed by atoms with Crippen molar-refractivity contribution in [1.29, 1.82) is 0 Å². The summed E-state index contributed by atoms with van der Waals surface area (Å²) in [6, 6.07) is 0. The molecule has 0 saturated heterocycles. The number of hydrogen-bond acceptors (Lipinski definition) is 3. The third kappa shape index (κ3) is 11.1. The molecular weight excluding hydrogens is 420 g/mol. The monoisotopic (exact) mass is 468 g/mol. The van der Waals surface area contributed by atoms with Crippen molar-refractivity contribution in [2.75, 3.05) is 0 Å². The van der Waals surface area contributed by atoms with E-state index in [-0.39, 0.29) is 16.5 Å². The average molecular weight is 469 g/mol. The molecule has 0 heterocycles. The number of hydrogen-bond donors (Lipinski definition) is 0. The molecule has 0 unspecified atom stereocenters. The third-order valence-corrected chi connectivity index (χ3v) is 13.9. The number of unbranched alkanes of at least 4 members (excludes halogenated alkanes) is 11. The van der Waals surface area contributed by atoms with Crippen LogP contribution in [0.25, 0.3) is 0 Å². The third-order valence-electron chi connectivity index (χ3n) is 6.39. The number of carbonyl (C=O) groups excluding carboxylic acids is 3. The van der Waals surface area contributed by atoms with Crippen molar-refractivity contribution in [3.8, 4) is 0 Å². The van der Waals surface area contributed by atoms with E-state index in [1.807, 2.05) is 13.8 Å². The molecule has 31 heavy (non-hydrogen) atoms. The summed E-state index contributed by atoms with van der Waals surface area (Å²) in [5.41, 5.74) is 0. The van der Waals surface area contributed by atoms with Gasteiger partial charge in [0.15, 0.2) is 0 Å². The van der Waals surface area contributed by atoms with Crippen LogP contribution in [0.5, 0.6) is 0 Å². The SMILES string of the molecule is C=C[C](=O)[Ti]([C](=O)C=C)([C](=O)CCCCCCCCCCCCCCC(C)C)[CH](C)C. The molecule has 0 aromatic carbocycles. The maximum absolute atomic E-state index is 13.0. The van der Waals surface area contributed by atoms with Crippen LogP contribution in [0.4, 0.5) is 0 Å². The molecule has 0 aliphatic heterocycles. The quantitative estimate of drug-likeness (QED) is 0.0973. The molecule has 0 fully saturated rings. The van der Waals surface area contributed by atoms with Crippen molar-refractivity contribution in [3.63, 3.8) is 0 Å². The fraction of sp³-hybridized carbons (Fsp3) is 0.741. The molecule has 0 bridgehead atoms. The average Bonchev–Trinajstić information content (AvgIpc) is 2.73. The van der Waals surface area contributed by atoms with Crippen LogP contribution in [0.2, 0.25) is 4.22 Å². The van der Waals surface area contributed by atoms with Crippen LogP contribution < -0.4 is 0 Å². The van der Waals surface area contributed by atoms with E-state index in [2.05, 4.69) is 27.0 Å². The molecule has 0 aliphatic carbocycles. The summed E-state index contributed by atoms with van der Waals surface area (Å²) in [5, 5.41) is 0. The molecule has 0 amide bonds. The van der Waals surface area contributed by atoms with Crippen LogP contribution in [0.1, 0.15) is 118 Å². The fourth-order valence-electron chi connectivity index (χ4n) is 4.41. The molecule has 3 nitrogen and oxygen atoms in total. The normalized spacial score (nSPS) is 11.7. The Morgan fingerprint density at radius 3 is 1.32 bits per heavy atom. The molecule has 4 heteroatoms. The van der Waals surface area contributed by atoms with E-state index in [0.717, 1.165) is 25.2 Å². The second-order valence-electron chi connectivity index (χ2n) is 9.70. The first-order valence-electron chi connectivity index (χ1n) is 12.6. The van der Waals surface area contributed by atoms with Crippen LogP contribution in [-0.2, 0) is 31.0 Å². The van der Waals surface area contributed by atoms with Crippen molar-refractivity contribution in [2.45, 2.75) is 122 Å². The van der Waals surface area contributed by atoms with Gasteiger partial charge in [-0.1, -0.05) is 33.1 Å². The van der Waals surface area contributed by atoms with Gasteiger partial charge in [-0.3, -0.25) is 0 Å². The zero-order valence-corrected chi connectivity index (χ0v) is 22.4. The summed E-state index contributed by atoms with van der Waals surface area (Å²) in [6.07, 6.45) is 18.9. The first-order valence-corrected chi connectivity index (χ1v) is 15.9. The maximum atomic E-state index is 13.0. The summed E-state index contributed by atoms with van der Waals surface area (Å²) >= 11 is -4.08. The molecule has 0 atom stereocenters. The minimum absolute atomic E-state index is 0.0989. The molecular formula is C27H48O3Ti. The first-order chi connectivity index (χ1) is 14.7. The Morgan fingerprint density at radius 1 is 0.645 bits per heavy atom. The Bertz CT molecular complexity index is 543. The van der Waals surface area contributed by atoms with Gasteiger partial charge in [0.25, 0.3) is 0 Å². The fourth-order valence-corrected chi connectivity index (χ4v) is 10.3. The van der Waals surface area contributed by atoms with Gasteiger partial charge in [0.05, 0.1) is 0 Å². The minimum atomic E-state index is -4.08. The molecule has 0 saturated carbocycles. The number of carbonyl (C=O) groups is 3. The summed E-state index contributed by atoms with van der Waals surface area (Å²) in [5.74, 6) is 0.836. The van der Waals surface area contributed by atoms with Gasteiger partial charge in [-0.05, 0) is 5.92 Å². The Labute approximate surface area is 195 Å². The Balaban J connectivity index is 4.02. The van der Waals surface area contributed by atoms with E-state index in [9.17, 15) is 14.4 Å². The predicted octanol–water partition coefficient (Wildman–Crippen LogP) is 8.04. The van der Waals surface area contributed by atoms with Crippen molar-refractivity contribution in [3.05, 3.63) is 25.3 Å². The molecule has 0 radical (unpaired) electrons. The predicted molar refractivity (Wildman–Crippen MR) is 130 cm³/mol.